The van der Waals surface area contributed by atoms with Crippen LogP contribution in [0.4, 0.5) is 13.2 Å². The molecule has 2 rings (SSSR count). The van der Waals surface area contributed by atoms with Crippen LogP contribution in [-0.4, -0.2) is 4.98 Å². The van der Waals surface area contributed by atoms with Gasteiger partial charge >= 0.3 is 6.18 Å². The van der Waals surface area contributed by atoms with E-state index in [1.807, 2.05) is 0 Å². The number of alkyl halides is 3. The second-order valence-corrected chi connectivity index (χ2v) is 5.53. The third-order valence-electron chi connectivity index (χ3n) is 3.94. The van der Waals surface area contributed by atoms with Crippen molar-refractivity contribution >= 4 is 0 Å². The number of halogens is 3. The molecule has 1 aromatic rings. The van der Waals surface area contributed by atoms with Crippen molar-refractivity contribution in [3.8, 4) is 0 Å². The molecule has 2 N–H and O–H groups in total. The highest BCUT2D eigenvalue weighted by Gasteiger charge is 2.31. The number of rotatable bonds is 2. The first kappa shape index (κ1) is 14.3. The van der Waals surface area contributed by atoms with Crippen LogP contribution >= 0.6 is 0 Å². The Morgan fingerprint density at radius 1 is 1.32 bits per heavy atom. The third-order valence-corrected chi connectivity index (χ3v) is 3.94. The molecule has 0 aliphatic heterocycles. The van der Waals surface area contributed by atoms with E-state index in [2.05, 4.69) is 11.9 Å². The molecule has 2 nitrogen and oxygen atoms in total. The van der Waals surface area contributed by atoms with Gasteiger partial charge in [0.2, 0.25) is 0 Å². The molecular formula is C14H19F3N2. The smallest absolute Gasteiger partial charge is 0.322 e. The minimum atomic E-state index is -4.34. The van der Waals surface area contributed by atoms with Crippen molar-refractivity contribution in [3.05, 3.63) is 29.6 Å². The van der Waals surface area contributed by atoms with Crippen LogP contribution in [0.2, 0.25) is 0 Å². The molecule has 1 aromatic heterocycles. The van der Waals surface area contributed by atoms with Crippen LogP contribution in [0.15, 0.2) is 18.3 Å². The Bertz CT molecular complexity index is 414. The predicted octanol–water partition coefficient (Wildman–Crippen LogP) is 3.93. The molecule has 0 bridgehead atoms. The lowest BCUT2D eigenvalue weighted by molar-refractivity contribution is -0.137. The van der Waals surface area contributed by atoms with Gasteiger partial charge in [-0.3, -0.25) is 4.98 Å². The summed E-state index contributed by atoms with van der Waals surface area (Å²) in [5.41, 5.74) is 5.99. The Kier molecular flexibility index (Phi) is 4.13. The second-order valence-electron chi connectivity index (χ2n) is 5.53. The fraction of sp³-hybridized carbons (Fsp3) is 0.643. The zero-order valence-electron chi connectivity index (χ0n) is 11.0. The van der Waals surface area contributed by atoms with E-state index in [-0.39, 0.29) is 6.04 Å². The predicted molar refractivity (Wildman–Crippen MR) is 67.3 cm³/mol. The van der Waals surface area contributed by atoms with Gasteiger partial charge in [-0.05, 0) is 36.8 Å². The van der Waals surface area contributed by atoms with Crippen molar-refractivity contribution < 1.29 is 13.2 Å². The maximum atomic E-state index is 12.5. The average molecular weight is 272 g/mol. The van der Waals surface area contributed by atoms with Crippen molar-refractivity contribution in [1.82, 2.24) is 4.98 Å². The van der Waals surface area contributed by atoms with Crippen molar-refractivity contribution in [2.75, 3.05) is 0 Å². The van der Waals surface area contributed by atoms with Gasteiger partial charge in [0.05, 0.1) is 11.3 Å². The summed E-state index contributed by atoms with van der Waals surface area (Å²) < 4.78 is 37.4. The lowest BCUT2D eigenvalue weighted by Crippen LogP contribution is -2.27. The normalized spacial score (nSPS) is 26.2. The zero-order chi connectivity index (χ0) is 14.0. The van der Waals surface area contributed by atoms with Crippen molar-refractivity contribution in [1.29, 1.82) is 0 Å². The van der Waals surface area contributed by atoms with E-state index in [9.17, 15) is 13.2 Å². The van der Waals surface area contributed by atoms with Crippen molar-refractivity contribution in [2.45, 2.75) is 44.8 Å². The molecule has 1 saturated carbocycles. The van der Waals surface area contributed by atoms with Crippen LogP contribution in [0.3, 0.4) is 0 Å². The van der Waals surface area contributed by atoms with Crippen LogP contribution < -0.4 is 5.73 Å². The number of aromatic nitrogens is 1. The number of hydrogen-bond donors (Lipinski definition) is 1. The molecule has 0 saturated heterocycles. The largest absolute Gasteiger partial charge is 0.417 e. The molecule has 3 unspecified atom stereocenters. The van der Waals surface area contributed by atoms with Crippen LogP contribution in [0.5, 0.6) is 0 Å². The minimum Gasteiger partial charge on any atom is -0.322 e. The van der Waals surface area contributed by atoms with Gasteiger partial charge < -0.3 is 5.73 Å². The molecule has 3 atom stereocenters. The summed E-state index contributed by atoms with van der Waals surface area (Å²) in [6.07, 6.45) is 0.957. The van der Waals surface area contributed by atoms with E-state index >= 15 is 0 Å². The Labute approximate surface area is 111 Å². The van der Waals surface area contributed by atoms with Gasteiger partial charge in [0.25, 0.3) is 0 Å². The monoisotopic (exact) mass is 272 g/mol. The molecule has 1 aliphatic rings. The van der Waals surface area contributed by atoms with Crippen LogP contribution in [-0.2, 0) is 6.18 Å². The number of nitrogens with two attached hydrogens (primary N) is 1. The quantitative estimate of drug-likeness (QED) is 0.886. The van der Waals surface area contributed by atoms with Gasteiger partial charge in [-0.1, -0.05) is 19.8 Å². The highest BCUT2D eigenvalue weighted by molar-refractivity contribution is 5.19. The van der Waals surface area contributed by atoms with E-state index in [1.54, 1.807) is 0 Å². The molecule has 0 spiro atoms. The van der Waals surface area contributed by atoms with E-state index in [0.29, 0.717) is 17.5 Å². The highest BCUT2D eigenvalue weighted by atomic mass is 19.4. The standard InChI is InChI=1S/C14H19F3N2/c1-9-3-2-4-10(7-9)13(18)12-6-5-11(8-19-12)14(15,16)17/h5-6,8-10,13H,2-4,7,18H2,1H3. The number of nitrogens with zero attached hydrogens (tertiary/aromatic N) is 1. The summed E-state index contributed by atoms with van der Waals surface area (Å²) in [6.45, 7) is 2.19. The van der Waals surface area contributed by atoms with Gasteiger partial charge in [0.1, 0.15) is 0 Å². The molecule has 5 heteroatoms. The fourth-order valence-electron chi connectivity index (χ4n) is 2.82. The van der Waals surface area contributed by atoms with Gasteiger partial charge in [0, 0.05) is 12.2 Å². The number of hydrogen-bond acceptors (Lipinski definition) is 2. The first-order chi connectivity index (χ1) is 8.88. The molecule has 19 heavy (non-hydrogen) atoms. The van der Waals surface area contributed by atoms with Gasteiger partial charge in [0.15, 0.2) is 0 Å². The summed E-state index contributed by atoms with van der Waals surface area (Å²) in [6, 6.07) is 2.21. The summed E-state index contributed by atoms with van der Waals surface area (Å²) in [7, 11) is 0. The van der Waals surface area contributed by atoms with Crippen molar-refractivity contribution in [2.24, 2.45) is 17.6 Å². The number of pyridine rings is 1. The van der Waals surface area contributed by atoms with Crippen LogP contribution in [0.1, 0.15) is 49.9 Å². The molecular weight excluding hydrogens is 253 g/mol. The lowest BCUT2D eigenvalue weighted by Gasteiger charge is -2.30. The molecule has 1 heterocycles. The molecule has 1 aliphatic carbocycles. The SMILES string of the molecule is CC1CCCC(C(N)c2ccc(C(F)(F)F)cn2)C1. The highest BCUT2D eigenvalue weighted by Crippen LogP contribution is 2.36. The second kappa shape index (κ2) is 5.49. The summed E-state index contributed by atoms with van der Waals surface area (Å²) in [5, 5.41) is 0. The van der Waals surface area contributed by atoms with Gasteiger partial charge in [-0.15, -0.1) is 0 Å². The van der Waals surface area contributed by atoms with Gasteiger partial charge in [-0.25, -0.2) is 0 Å². The van der Waals surface area contributed by atoms with Crippen molar-refractivity contribution in [3.63, 3.8) is 0 Å². The molecule has 0 amide bonds. The Morgan fingerprint density at radius 2 is 2.05 bits per heavy atom. The van der Waals surface area contributed by atoms with Crippen LogP contribution in [0, 0.1) is 11.8 Å². The Hall–Kier alpha value is -1.10. The zero-order valence-corrected chi connectivity index (χ0v) is 11.0. The lowest BCUT2D eigenvalue weighted by atomic mass is 9.78. The maximum absolute atomic E-state index is 12.5. The van der Waals surface area contributed by atoms with Crippen LogP contribution in [0.25, 0.3) is 0 Å². The Morgan fingerprint density at radius 3 is 2.58 bits per heavy atom. The van der Waals surface area contributed by atoms with E-state index in [0.717, 1.165) is 31.5 Å². The Balaban J connectivity index is 2.09. The molecule has 0 aromatic carbocycles. The maximum Gasteiger partial charge on any atom is 0.417 e. The molecule has 0 radical (unpaired) electrons. The average Bonchev–Trinajstić information content (AvgIpc) is 2.37. The molecule has 1 fully saturated rings. The first-order valence-electron chi connectivity index (χ1n) is 6.66. The topological polar surface area (TPSA) is 38.9 Å². The van der Waals surface area contributed by atoms with E-state index in [1.165, 1.54) is 12.5 Å². The fourth-order valence-corrected chi connectivity index (χ4v) is 2.82. The summed E-state index contributed by atoms with van der Waals surface area (Å²) in [5.74, 6) is 0.965. The van der Waals surface area contributed by atoms with E-state index < -0.39 is 11.7 Å². The summed E-state index contributed by atoms with van der Waals surface area (Å²) >= 11 is 0. The van der Waals surface area contributed by atoms with E-state index in [4.69, 9.17) is 5.73 Å². The summed E-state index contributed by atoms with van der Waals surface area (Å²) in [4.78, 5) is 3.90. The first-order valence-corrected chi connectivity index (χ1v) is 6.66. The minimum absolute atomic E-state index is 0.259. The third kappa shape index (κ3) is 3.47. The molecule has 106 valence electrons. The van der Waals surface area contributed by atoms with Gasteiger partial charge in [-0.2, -0.15) is 13.2 Å².